The van der Waals surface area contributed by atoms with E-state index in [9.17, 15) is 0 Å². The normalized spacial score (nSPS) is 11.7. The van der Waals surface area contributed by atoms with Gasteiger partial charge in [-0.2, -0.15) is 9.13 Å². The van der Waals surface area contributed by atoms with Crippen LogP contribution in [0.2, 0.25) is 0 Å². The van der Waals surface area contributed by atoms with Crippen LogP contribution >= 0.6 is 0 Å². The second-order valence-electron chi connectivity index (χ2n) is 6.19. The second kappa shape index (κ2) is 4.95. The van der Waals surface area contributed by atoms with Gasteiger partial charge in [0.25, 0.3) is 11.6 Å². The van der Waals surface area contributed by atoms with Crippen molar-refractivity contribution in [3.63, 3.8) is 0 Å². The van der Waals surface area contributed by atoms with E-state index in [0.29, 0.717) is 0 Å². The van der Waals surface area contributed by atoms with Crippen molar-refractivity contribution in [1.29, 1.82) is 0 Å². The summed E-state index contributed by atoms with van der Waals surface area (Å²) < 4.78 is 9.29. The number of fused-ring (bicyclic) bond motifs is 2. The fraction of sp³-hybridized carbons (Fsp3) is 0.263. The Labute approximate surface area is 135 Å². The third kappa shape index (κ3) is 1.91. The Morgan fingerprint density at radius 2 is 1.09 bits per heavy atom. The topological polar surface area (TPSA) is 17.6 Å². The van der Waals surface area contributed by atoms with E-state index >= 15 is 0 Å². The Bertz CT molecular complexity index is 953. The minimum absolute atomic E-state index is 0.820. The molecule has 0 radical (unpaired) electrons. The molecule has 0 saturated carbocycles. The summed E-state index contributed by atoms with van der Waals surface area (Å²) in [5.74, 6) is 2.51. The van der Waals surface area contributed by atoms with E-state index in [2.05, 4.69) is 94.7 Å². The molecule has 0 amide bonds. The lowest BCUT2D eigenvalue weighted by Crippen LogP contribution is -2.32. The van der Waals surface area contributed by atoms with E-state index in [4.69, 9.17) is 0 Å². The third-order valence-corrected chi connectivity index (χ3v) is 5.10. The second-order valence-corrected chi connectivity index (χ2v) is 6.19. The lowest BCUT2D eigenvalue weighted by atomic mass is 10.3. The zero-order chi connectivity index (χ0) is 16.1. The maximum absolute atomic E-state index is 2.38. The zero-order valence-electron chi connectivity index (χ0n) is 14.1. The number of para-hydroxylation sites is 4. The van der Waals surface area contributed by atoms with Crippen molar-refractivity contribution < 1.29 is 9.13 Å². The predicted octanol–water partition coefficient (Wildman–Crippen LogP) is 2.37. The SMILES string of the molecule is Cc1n(Cn2c(C)[n+](C)c3ccccc32)c2ccccc2[n+]1C. The van der Waals surface area contributed by atoms with Gasteiger partial charge in [-0.1, -0.05) is 24.3 Å². The molecule has 2 aromatic heterocycles. The number of aromatic nitrogens is 4. The van der Waals surface area contributed by atoms with Gasteiger partial charge in [-0.15, -0.1) is 0 Å². The van der Waals surface area contributed by atoms with Crippen molar-refractivity contribution in [1.82, 2.24) is 9.13 Å². The van der Waals surface area contributed by atoms with Crippen LogP contribution in [-0.4, -0.2) is 9.13 Å². The third-order valence-electron chi connectivity index (χ3n) is 5.10. The number of hydrogen-bond donors (Lipinski definition) is 0. The quantitative estimate of drug-likeness (QED) is 0.506. The Kier molecular flexibility index (Phi) is 3.01. The van der Waals surface area contributed by atoms with Crippen LogP contribution in [0, 0.1) is 13.8 Å². The van der Waals surface area contributed by atoms with Gasteiger partial charge >= 0.3 is 0 Å². The van der Waals surface area contributed by atoms with E-state index < -0.39 is 0 Å². The van der Waals surface area contributed by atoms with Gasteiger partial charge in [0.2, 0.25) is 6.67 Å². The predicted molar refractivity (Wildman–Crippen MR) is 91.1 cm³/mol. The zero-order valence-corrected chi connectivity index (χ0v) is 14.1. The summed E-state index contributed by atoms with van der Waals surface area (Å²) >= 11 is 0. The van der Waals surface area contributed by atoms with Gasteiger partial charge < -0.3 is 0 Å². The molecule has 0 aliphatic heterocycles. The number of imidazole rings is 2. The molecule has 2 heterocycles. The maximum Gasteiger partial charge on any atom is 0.257 e. The summed E-state index contributed by atoms with van der Waals surface area (Å²) in [6.07, 6.45) is 0. The molecule has 4 heteroatoms. The molecule has 0 unspecified atom stereocenters. The molecule has 0 bridgehead atoms. The minimum atomic E-state index is 0.820. The highest BCUT2D eigenvalue weighted by molar-refractivity contribution is 5.73. The Morgan fingerprint density at radius 3 is 1.52 bits per heavy atom. The summed E-state index contributed by atoms with van der Waals surface area (Å²) in [4.78, 5) is 0. The molecule has 116 valence electrons. The fourth-order valence-electron chi connectivity index (χ4n) is 3.51. The molecule has 2 aromatic carbocycles. The van der Waals surface area contributed by atoms with Crippen LogP contribution in [0.15, 0.2) is 48.5 Å². The van der Waals surface area contributed by atoms with Gasteiger partial charge in [0.05, 0.1) is 14.1 Å². The molecule has 0 fully saturated rings. The molecule has 23 heavy (non-hydrogen) atoms. The van der Waals surface area contributed by atoms with Crippen molar-refractivity contribution in [3.05, 3.63) is 60.2 Å². The lowest BCUT2D eigenvalue weighted by molar-refractivity contribution is -0.653. The smallest absolute Gasteiger partial charge is 0.230 e. The number of aryl methyl sites for hydroxylation is 2. The average Bonchev–Trinajstić information content (AvgIpc) is 2.97. The fourth-order valence-corrected chi connectivity index (χ4v) is 3.51. The number of hydrogen-bond acceptors (Lipinski definition) is 0. The van der Waals surface area contributed by atoms with E-state index in [1.165, 1.54) is 33.7 Å². The highest BCUT2D eigenvalue weighted by atomic mass is 15.3. The van der Waals surface area contributed by atoms with E-state index in [0.717, 1.165) is 6.67 Å². The molecule has 0 spiro atoms. The molecule has 0 saturated heterocycles. The summed E-state index contributed by atoms with van der Waals surface area (Å²) in [5.41, 5.74) is 5.08. The van der Waals surface area contributed by atoms with Gasteiger partial charge in [0, 0.05) is 13.8 Å². The minimum Gasteiger partial charge on any atom is -0.230 e. The number of nitrogens with zero attached hydrogens (tertiary/aromatic N) is 4. The van der Waals surface area contributed by atoms with Crippen molar-refractivity contribution in [2.24, 2.45) is 14.1 Å². The summed E-state index contributed by atoms with van der Waals surface area (Å²) in [7, 11) is 4.27. The Balaban J connectivity index is 1.96. The highest BCUT2D eigenvalue weighted by Crippen LogP contribution is 2.18. The summed E-state index contributed by atoms with van der Waals surface area (Å²) in [6.45, 7) is 5.18. The van der Waals surface area contributed by atoms with E-state index in [1.54, 1.807) is 0 Å². The molecule has 4 aromatic rings. The van der Waals surface area contributed by atoms with Crippen molar-refractivity contribution in [3.8, 4) is 0 Å². The van der Waals surface area contributed by atoms with Crippen LogP contribution in [0.5, 0.6) is 0 Å². The van der Waals surface area contributed by atoms with Crippen LogP contribution in [0.1, 0.15) is 11.6 Å². The lowest BCUT2D eigenvalue weighted by Gasteiger charge is -2.00. The molecular formula is C19H22N4+2. The van der Waals surface area contributed by atoms with Crippen LogP contribution in [0.25, 0.3) is 22.1 Å². The van der Waals surface area contributed by atoms with Crippen LogP contribution in [0.4, 0.5) is 0 Å². The Morgan fingerprint density at radius 1 is 0.696 bits per heavy atom. The van der Waals surface area contributed by atoms with E-state index in [1.807, 2.05) is 0 Å². The standard InChI is InChI=1S/C19H22N4/c1-14-20(3)16-9-5-7-11-18(16)22(14)13-23-15(2)21(4)17-10-6-8-12-19(17)23/h5-12H,13H2,1-4H3/q+2. The van der Waals surface area contributed by atoms with Crippen molar-refractivity contribution in [2.75, 3.05) is 0 Å². The van der Waals surface area contributed by atoms with Crippen LogP contribution < -0.4 is 9.13 Å². The summed E-state index contributed by atoms with van der Waals surface area (Å²) in [5, 5.41) is 0. The van der Waals surface area contributed by atoms with Gasteiger partial charge in [-0.05, 0) is 24.3 Å². The van der Waals surface area contributed by atoms with Crippen molar-refractivity contribution >= 4 is 22.1 Å². The largest absolute Gasteiger partial charge is 0.257 e. The monoisotopic (exact) mass is 306 g/mol. The molecule has 0 atom stereocenters. The van der Waals surface area contributed by atoms with Gasteiger partial charge in [0.15, 0.2) is 22.1 Å². The van der Waals surface area contributed by atoms with Crippen LogP contribution in [0.3, 0.4) is 0 Å². The first-order valence-corrected chi connectivity index (χ1v) is 7.97. The molecule has 0 N–H and O–H groups in total. The molecular weight excluding hydrogens is 284 g/mol. The number of rotatable bonds is 2. The molecule has 0 aliphatic carbocycles. The van der Waals surface area contributed by atoms with Gasteiger partial charge in [0.1, 0.15) is 0 Å². The number of benzene rings is 2. The first-order chi connectivity index (χ1) is 11.1. The van der Waals surface area contributed by atoms with Crippen LogP contribution in [-0.2, 0) is 20.8 Å². The highest BCUT2D eigenvalue weighted by Gasteiger charge is 2.25. The Hall–Kier alpha value is -2.62. The maximum atomic E-state index is 2.38. The first-order valence-electron chi connectivity index (χ1n) is 7.97. The molecule has 4 rings (SSSR count). The molecule has 4 nitrogen and oxygen atoms in total. The first kappa shape index (κ1) is 14.0. The molecule has 0 aliphatic rings. The average molecular weight is 306 g/mol. The van der Waals surface area contributed by atoms with Gasteiger partial charge in [-0.3, -0.25) is 0 Å². The van der Waals surface area contributed by atoms with E-state index in [-0.39, 0.29) is 0 Å². The van der Waals surface area contributed by atoms with Gasteiger partial charge in [-0.25, -0.2) is 9.13 Å². The van der Waals surface area contributed by atoms with Crippen molar-refractivity contribution in [2.45, 2.75) is 20.5 Å². The summed E-state index contributed by atoms with van der Waals surface area (Å²) in [6, 6.07) is 17.2.